The van der Waals surface area contributed by atoms with Crippen molar-refractivity contribution in [2.75, 3.05) is 6.54 Å². The summed E-state index contributed by atoms with van der Waals surface area (Å²) in [6.07, 6.45) is 0.0225. The van der Waals surface area contributed by atoms with Gasteiger partial charge in [-0.05, 0) is 43.7 Å². The fourth-order valence-electron chi connectivity index (χ4n) is 5.17. The number of benzene rings is 2. The van der Waals surface area contributed by atoms with E-state index in [9.17, 15) is 34.7 Å². The molecule has 0 aliphatic carbocycles. The van der Waals surface area contributed by atoms with Gasteiger partial charge >= 0.3 is 17.9 Å². The van der Waals surface area contributed by atoms with Gasteiger partial charge in [0.2, 0.25) is 0 Å². The molecule has 1 fully saturated rings. The smallest absolute Gasteiger partial charge is 0.336 e. The highest BCUT2D eigenvalue weighted by atomic mass is 16.6. The van der Waals surface area contributed by atoms with Gasteiger partial charge in [0, 0.05) is 18.7 Å². The second kappa shape index (κ2) is 8.85. The zero-order valence-corrected chi connectivity index (χ0v) is 19.5. The summed E-state index contributed by atoms with van der Waals surface area (Å²) in [7, 11) is 0. The number of aromatic carboxylic acids is 1. The van der Waals surface area contributed by atoms with E-state index in [0.717, 1.165) is 0 Å². The molecule has 2 aromatic carbocycles. The van der Waals surface area contributed by atoms with E-state index in [1.165, 1.54) is 18.2 Å². The van der Waals surface area contributed by atoms with Gasteiger partial charge in [0.25, 0.3) is 5.91 Å². The summed E-state index contributed by atoms with van der Waals surface area (Å²) in [5.41, 5.74) is -1.81. The number of allylic oxidation sites excluding steroid dienone is 1. The molecule has 2 unspecified atom stereocenters. The number of nitrogens with zero attached hydrogens (tertiary/aromatic N) is 1. The molecule has 4 rings (SSSR count). The van der Waals surface area contributed by atoms with Crippen molar-refractivity contribution in [3.05, 3.63) is 82.1 Å². The molecule has 3 atom stereocenters. The Morgan fingerprint density at radius 2 is 1.81 bits per heavy atom. The van der Waals surface area contributed by atoms with Crippen LogP contribution in [0.15, 0.2) is 59.8 Å². The Bertz CT molecular complexity index is 1380. The van der Waals surface area contributed by atoms with Crippen LogP contribution in [0.1, 0.15) is 58.0 Å². The average Bonchev–Trinajstić information content (AvgIpc) is 2.85. The first kappa shape index (κ1) is 24.5. The van der Waals surface area contributed by atoms with Crippen molar-refractivity contribution in [3.63, 3.8) is 0 Å². The van der Waals surface area contributed by atoms with Crippen molar-refractivity contribution in [2.24, 2.45) is 0 Å². The number of carboxylic acids is 2. The van der Waals surface area contributed by atoms with Gasteiger partial charge in [-0.1, -0.05) is 24.3 Å². The van der Waals surface area contributed by atoms with Crippen LogP contribution in [0.4, 0.5) is 0 Å². The molecule has 0 saturated carbocycles. The number of hydrogen-bond donors (Lipinski definition) is 4. The number of carboxylic acid groups (broad SMARTS) is 2. The van der Waals surface area contributed by atoms with Crippen molar-refractivity contribution in [2.45, 2.75) is 37.3 Å². The maximum absolute atomic E-state index is 12.8. The third-order valence-corrected chi connectivity index (χ3v) is 6.89. The van der Waals surface area contributed by atoms with E-state index in [1.54, 1.807) is 44.2 Å². The third kappa shape index (κ3) is 3.65. The van der Waals surface area contributed by atoms with Crippen LogP contribution >= 0.6 is 0 Å². The van der Waals surface area contributed by atoms with Gasteiger partial charge in [0.1, 0.15) is 0 Å². The molecular weight excluding hydrogens is 466 g/mol. The number of nitriles is 1. The topological polar surface area (TPSA) is 166 Å². The normalized spacial score (nSPS) is 24.4. The van der Waals surface area contributed by atoms with E-state index in [0.29, 0.717) is 16.8 Å². The highest BCUT2D eigenvalue weighted by Gasteiger charge is 2.72. The number of amides is 1. The number of carbonyl (C=O) groups is 4. The molecule has 0 spiro atoms. The number of ether oxygens (including phenoxy) is 1. The van der Waals surface area contributed by atoms with E-state index in [4.69, 9.17) is 4.74 Å². The molecule has 1 amide bonds. The van der Waals surface area contributed by atoms with Crippen LogP contribution in [0.25, 0.3) is 0 Å². The van der Waals surface area contributed by atoms with Gasteiger partial charge in [-0.2, -0.15) is 5.26 Å². The Morgan fingerprint density at radius 3 is 2.42 bits per heavy atom. The molecule has 4 N–H and O–H groups in total. The molecule has 10 heteroatoms. The molecule has 2 heterocycles. The second-order valence-electron chi connectivity index (χ2n) is 8.90. The summed E-state index contributed by atoms with van der Waals surface area (Å²) < 4.78 is 5.73. The van der Waals surface area contributed by atoms with Crippen LogP contribution in [-0.2, 0) is 14.3 Å². The molecule has 0 bridgehead atoms. The fourth-order valence-corrected chi connectivity index (χ4v) is 5.17. The van der Waals surface area contributed by atoms with Crippen molar-refractivity contribution in [3.8, 4) is 6.07 Å². The molecule has 10 nitrogen and oxygen atoms in total. The number of rotatable bonds is 7. The minimum absolute atomic E-state index is 0.0161. The minimum atomic E-state index is -1.40. The second-order valence-corrected chi connectivity index (χ2v) is 8.90. The lowest BCUT2D eigenvalue weighted by Gasteiger charge is -2.61. The van der Waals surface area contributed by atoms with Gasteiger partial charge < -0.3 is 25.6 Å². The predicted molar refractivity (Wildman–Crippen MR) is 125 cm³/mol. The molecule has 184 valence electrons. The van der Waals surface area contributed by atoms with E-state index in [-0.39, 0.29) is 29.7 Å². The number of carbonyl (C=O) groups excluding carboxylic acids is 2. The van der Waals surface area contributed by atoms with Crippen molar-refractivity contribution in [1.29, 1.82) is 5.26 Å². The van der Waals surface area contributed by atoms with Crippen molar-refractivity contribution in [1.82, 2.24) is 10.6 Å². The number of nitrogens with one attached hydrogen (secondary N) is 2. The molecule has 2 aromatic rings. The molecule has 36 heavy (non-hydrogen) atoms. The number of fused-ring (bicyclic) bond motifs is 1. The minimum Gasteiger partial charge on any atom is -0.478 e. The van der Waals surface area contributed by atoms with Crippen LogP contribution in [0, 0.1) is 11.3 Å². The van der Waals surface area contributed by atoms with Crippen LogP contribution in [0.5, 0.6) is 0 Å². The molecule has 0 radical (unpaired) electrons. The van der Waals surface area contributed by atoms with Crippen LogP contribution in [0.2, 0.25) is 0 Å². The zero-order valence-electron chi connectivity index (χ0n) is 19.5. The lowest BCUT2D eigenvalue weighted by atomic mass is 9.59. The quantitative estimate of drug-likeness (QED) is 0.426. The summed E-state index contributed by atoms with van der Waals surface area (Å²) >= 11 is 0. The molecule has 1 saturated heterocycles. The standard InChI is InChI=1S/C26H23N3O7/c1-14-19(23(33)34)20(16-7-5-6-15(12-16)13-27)26(25(2,29-14)24(35)36-26)10-11-28-21(30)17-8-3-4-9-18(17)22(31)32/h3-9,12,20,29H,10-11H2,1-2H3,(H,28,30)(H,31,32)(H,33,34)/t20-,25?,26?/m1/s1. The monoisotopic (exact) mass is 489 g/mol. The number of hydrogen-bond acceptors (Lipinski definition) is 7. The Hall–Kier alpha value is -4.65. The van der Waals surface area contributed by atoms with Gasteiger partial charge in [0.05, 0.1) is 34.3 Å². The average molecular weight is 489 g/mol. The summed E-state index contributed by atoms with van der Waals surface area (Å²) in [4.78, 5) is 49.3. The van der Waals surface area contributed by atoms with E-state index in [2.05, 4.69) is 10.6 Å². The Balaban J connectivity index is 1.72. The Morgan fingerprint density at radius 1 is 1.11 bits per heavy atom. The zero-order chi connectivity index (χ0) is 26.3. The molecule has 0 aromatic heterocycles. The van der Waals surface area contributed by atoms with Crippen LogP contribution < -0.4 is 10.6 Å². The SMILES string of the molecule is CC1=C(C(=O)O)[C@@H](c2cccc(C#N)c2)C2(CCNC(=O)c3ccccc3C(=O)O)OC(=O)C2(C)N1. The van der Waals surface area contributed by atoms with Crippen molar-refractivity contribution >= 4 is 23.8 Å². The summed E-state index contributed by atoms with van der Waals surface area (Å²) in [6, 6.07) is 14.2. The van der Waals surface area contributed by atoms with Crippen molar-refractivity contribution < 1.29 is 34.1 Å². The maximum Gasteiger partial charge on any atom is 0.336 e. The van der Waals surface area contributed by atoms with E-state index in [1.807, 2.05) is 6.07 Å². The van der Waals surface area contributed by atoms with Crippen LogP contribution in [0.3, 0.4) is 0 Å². The molecule has 2 aliphatic rings. The molecular formula is C26H23N3O7. The fraction of sp³-hybridized carbons (Fsp3) is 0.269. The number of esters is 1. The highest BCUT2D eigenvalue weighted by molar-refractivity contribution is 6.04. The first-order valence-corrected chi connectivity index (χ1v) is 11.1. The predicted octanol–water partition coefficient (Wildman–Crippen LogP) is 2.18. The number of aliphatic carboxylic acids is 1. The summed E-state index contributed by atoms with van der Waals surface area (Å²) in [5, 5.41) is 34.5. The first-order chi connectivity index (χ1) is 17.1. The van der Waals surface area contributed by atoms with E-state index < -0.39 is 40.9 Å². The van der Waals surface area contributed by atoms with Gasteiger partial charge in [-0.3, -0.25) is 4.79 Å². The highest BCUT2D eigenvalue weighted by Crippen LogP contribution is 2.56. The van der Waals surface area contributed by atoms with Gasteiger partial charge in [-0.15, -0.1) is 0 Å². The molecule has 2 aliphatic heterocycles. The first-order valence-electron chi connectivity index (χ1n) is 11.1. The lowest BCUT2D eigenvalue weighted by molar-refractivity contribution is -0.230. The van der Waals surface area contributed by atoms with E-state index >= 15 is 0 Å². The summed E-state index contributed by atoms with van der Waals surface area (Å²) in [6.45, 7) is 3.14. The Labute approximate surface area is 206 Å². The van der Waals surface area contributed by atoms with Gasteiger partial charge in [-0.25, -0.2) is 14.4 Å². The Kier molecular flexibility index (Phi) is 6.02. The third-order valence-electron chi connectivity index (χ3n) is 6.89. The lowest BCUT2D eigenvalue weighted by Crippen LogP contribution is -2.81. The van der Waals surface area contributed by atoms with Gasteiger partial charge in [0.15, 0.2) is 11.1 Å². The summed E-state index contributed by atoms with van der Waals surface area (Å²) in [5.74, 6) is -4.60. The largest absolute Gasteiger partial charge is 0.478 e. The van der Waals surface area contributed by atoms with Crippen LogP contribution in [-0.4, -0.2) is 51.7 Å². The maximum atomic E-state index is 12.8.